The predicted octanol–water partition coefficient (Wildman–Crippen LogP) is 2.32. The molecule has 1 aromatic heterocycles. The van der Waals surface area contributed by atoms with Gasteiger partial charge in [-0.25, -0.2) is 0 Å². The van der Waals surface area contributed by atoms with E-state index in [2.05, 4.69) is 39.3 Å². The molecule has 0 radical (unpaired) electrons. The van der Waals surface area contributed by atoms with E-state index in [4.69, 9.17) is 0 Å². The van der Waals surface area contributed by atoms with Crippen LogP contribution in [0.2, 0.25) is 0 Å². The molecule has 2 aliphatic rings. The number of carbonyl (C=O) groups is 1. The first kappa shape index (κ1) is 19.9. The summed E-state index contributed by atoms with van der Waals surface area (Å²) in [6.45, 7) is 4.86. The normalized spacial score (nSPS) is 20.7. The highest BCUT2D eigenvalue weighted by Gasteiger charge is 2.23. The fraction of sp³-hybridized carbons (Fsp3) is 0.478. The Morgan fingerprint density at radius 3 is 2.83 bits per heavy atom. The van der Waals surface area contributed by atoms with Crippen LogP contribution in [0.4, 0.5) is 0 Å². The predicted molar refractivity (Wildman–Crippen MR) is 114 cm³/mol. The van der Waals surface area contributed by atoms with Gasteiger partial charge in [-0.2, -0.15) is 0 Å². The Morgan fingerprint density at radius 1 is 1.10 bits per heavy atom. The van der Waals surface area contributed by atoms with Crippen LogP contribution in [0.3, 0.4) is 0 Å². The number of fused-ring (bicyclic) bond motifs is 1. The van der Waals surface area contributed by atoms with Crippen molar-refractivity contribution in [1.82, 2.24) is 20.1 Å². The van der Waals surface area contributed by atoms with Crippen molar-refractivity contribution in [3.8, 4) is 0 Å². The number of amides is 1. The molecule has 6 heteroatoms. The third kappa shape index (κ3) is 4.77. The van der Waals surface area contributed by atoms with E-state index >= 15 is 0 Å². The lowest BCUT2D eigenvalue weighted by Crippen LogP contribution is -2.35. The number of hydrogen-bond donors (Lipinski definition) is 2. The van der Waals surface area contributed by atoms with Gasteiger partial charge in [-0.1, -0.05) is 24.3 Å². The molecule has 0 bridgehead atoms. The Hall–Kier alpha value is -2.44. The monoisotopic (exact) mass is 394 g/mol. The van der Waals surface area contributed by atoms with E-state index in [0.717, 1.165) is 57.6 Å². The molecule has 1 amide bonds. The van der Waals surface area contributed by atoms with Gasteiger partial charge in [0, 0.05) is 25.3 Å². The van der Waals surface area contributed by atoms with E-state index in [9.17, 15) is 9.59 Å². The molecule has 0 spiro atoms. The summed E-state index contributed by atoms with van der Waals surface area (Å²) in [5.74, 6) is -0.295. The van der Waals surface area contributed by atoms with Gasteiger partial charge in [-0.05, 0) is 69.1 Å². The number of pyridine rings is 1. The fourth-order valence-corrected chi connectivity index (χ4v) is 4.42. The maximum atomic E-state index is 12.8. The SMILES string of the molecule is CN1CCCN(Cc2ccc(C(=O)N[C@H]3CCCc4ccccc43)c(=O)[nH]2)CC1. The highest BCUT2D eigenvalue weighted by molar-refractivity contribution is 5.94. The number of nitrogens with zero attached hydrogens (tertiary/aromatic N) is 2. The Kier molecular flexibility index (Phi) is 6.11. The summed E-state index contributed by atoms with van der Waals surface area (Å²) >= 11 is 0. The number of benzene rings is 1. The summed E-state index contributed by atoms with van der Waals surface area (Å²) in [5, 5.41) is 3.07. The van der Waals surface area contributed by atoms with Crippen molar-refractivity contribution in [2.45, 2.75) is 38.3 Å². The summed E-state index contributed by atoms with van der Waals surface area (Å²) in [7, 11) is 2.14. The molecule has 1 fully saturated rings. The van der Waals surface area contributed by atoms with Gasteiger partial charge < -0.3 is 15.2 Å². The van der Waals surface area contributed by atoms with Crippen molar-refractivity contribution in [3.05, 3.63) is 69.1 Å². The number of carbonyl (C=O) groups excluding carboxylic acids is 1. The average Bonchev–Trinajstić information content (AvgIpc) is 2.92. The zero-order valence-electron chi connectivity index (χ0n) is 17.1. The van der Waals surface area contributed by atoms with Crippen LogP contribution in [0.25, 0.3) is 0 Å². The van der Waals surface area contributed by atoms with E-state index in [1.807, 2.05) is 18.2 Å². The maximum Gasteiger partial charge on any atom is 0.261 e. The molecule has 0 saturated carbocycles. The fourth-order valence-electron chi connectivity index (χ4n) is 4.42. The van der Waals surface area contributed by atoms with Crippen LogP contribution >= 0.6 is 0 Å². The molecular formula is C23H30N4O2. The first-order chi connectivity index (χ1) is 14.1. The average molecular weight is 395 g/mol. The van der Waals surface area contributed by atoms with Gasteiger partial charge in [0.2, 0.25) is 0 Å². The Balaban J connectivity index is 1.43. The summed E-state index contributed by atoms with van der Waals surface area (Å²) in [5.41, 5.74) is 3.20. The minimum Gasteiger partial charge on any atom is -0.345 e. The van der Waals surface area contributed by atoms with Crippen LogP contribution < -0.4 is 10.9 Å². The molecule has 1 aliphatic carbocycles. The highest BCUT2D eigenvalue weighted by atomic mass is 16.2. The van der Waals surface area contributed by atoms with E-state index < -0.39 is 0 Å². The molecular weight excluding hydrogens is 364 g/mol. The van der Waals surface area contributed by atoms with E-state index in [0.29, 0.717) is 6.54 Å². The summed E-state index contributed by atoms with van der Waals surface area (Å²) in [4.78, 5) is 33.0. The van der Waals surface area contributed by atoms with Gasteiger partial charge >= 0.3 is 0 Å². The Morgan fingerprint density at radius 2 is 1.97 bits per heavy atom. The third-order valence-electron chi connectivity index (χ3n) is 6.10. The molecule has 2 heterocycles. The standard InChI is InChI=1S/C23H30N4O2/c1-26-12-5-13-27(15-14-26)16-18-10-11-20(22(28)24-18)23(29)25-21-9-4-7-17-6-2-3-8-19(17)21/h2-3,6,8,10-11,21H,4-5,7,9,12-16H2,1H3,(H,24,28)(H,25,29)/t21-/m0/s1. The Labute approximate surface area is 171 Å². The molecule has 1 aromatic carbocycles. The van der Waals surface area contributed by atoms with E-state index in [1.165, 1.54) is 11.1 Å². The van der Waals surface area contributed by atoms with E-state index in [-0.39, 0.29) is 23.1 Å². The minimum atomic E-state index is -0.309. The zero-order chi connectivity index (χ0) is 20.2. The molecule has 29 heavy (non-hydrogen) atoms. The molecule has 1 atom stereocenters. The van der Waals surface area contributed by atoms with Gasteiger partial charge in [-0.15, -0.1) is 0 Å². The van der Waals surface area contributed by atoms with Gasteiger partial charge in [0.1, 0.15) is 5.56 Å². The molecule has 2 aromatic rings. The second kappa shape index (κ2) is 8.93. The highest BCUT2D eigenvalue weighted by Crippen LogP contribution is 2.29. The van der Waals surface area contributed by atoms with Crippen molar-refractivity contribution in [2.24, 2.45) is 0 Å². The van der Waals surface area contributed by atoms with Crippen molar-refractivity contribution < 1.29 is 4.79 Å². The lowest BCUT2D eigenvalue weighted by Gasteiger charge is -2.26. The smallest absolute Gasteiger partial charge is 0.261 e. The summed E-state index contributed by atoms with van der Waals surface area (Å²) in [6.07, 6.45) is 4.12. The molecule has 1 saturated heterocycles. The molecule has 2 N–H and O–H groups in total. The van der Waals surface area contributed by atoms with Crippen molar-refractivity contribution in [3.63, 3.8) is 0 Å². The summed E-state index contributed by atoms with van der Waals surface area (Å²) in [6, 6.07) is 11.8. The first-order valence-corrected chi connectivity index (χ1v) is 10.6. The molecule has 0 unspecified atom stereocenters. The number of aryl methyl sites for hydroxylation is 1. The van der Waals surface area contributed by atoms with Gasteiger partial charge in [-0.3, -0.25) is 14.5 Å². The third-order valence-corrected chi connectivity index (χ3v) is 6.10. The van der Waals surface area contributed by atoms with Crippen LogP contribution in [-0.2, 0) is 13.0 Å². The minimum absolute atomic E-state index is 0.0272. The van der Waals surface area contributed by atoms with Gasteiger partial charge in [0.15, 0.2) is 0 Å². The van der Waals surface area contributed by atoms with Crippen molar-refractivity contribution in [1.29, 1.82) is 0 Å². The zero-order valence-corrected chi connectivity index (χ0v) is 17.1. The van der Waals surface area contributed by atoms with Crippen LogP contribution in [0.1, 0.15) is 52.5 Å². The second-order valence-corrected chi connectivity index (χ2v) is 8.28. The number of nitrogens with one attached hydrogen (secondary N) is 2. The van der Waals surface area contributed by atoms with E-state index in [1.54, 1.807) is 6.07 Å². The summed E-state index contributed by atoms with van der Waals surface area (Å²) < 4.78 is 0. The topological polar surface area (TPSA) is 68.4 Å². The van der Waals surface area contributed by atoms with Gasteiger partial charge in [0.05, 0.1) is 6.04 Å². The van der Waals surface area contributed by atoms with Gasteiger partial charge in [0.25, 0.3) is 11.5 Å². The number of rotatable bonds is 4. The molecule has 4 rings (SSSR count). The first-order valence-electron chi connectivity index (χ1n) is 10.6. The number of H-pyrrole nitrogens is 1. The largest absolute Gasteiger partial charge is 0.345 e. The van der Waals surface area contributed by atoms with Crippen LogP contribution in [0.15, 0.2) is 41.2 Å². The van der Waals surface area contributed by atoms with Crippen molar-refractivity contribution >= 4 is 5.91 Å². The Bertz CT molecular complexity index is 923. The van der Waals surface area contributed by atoms with Crippen LogP contribution in [0.5, 0.6) is 0 Å². The number of aromatic amines is 1. The maximum absolute atomic E-state index is 12.8. The second-order valence-electron chi connectivity index (χ2n) is 8.28. The molecule has 6 nitrogen and oxygen atoms in total. The lowest BCUT2D eigenvalue weighted by atomic mass is 9.87. The van der Waals surface area contributed by atoms with Crippen LogP contribution in [0, 0.1) is 0 Å². The number of hydrogen-bond acceptors (Lipinski definition) is 4. The quantitative estimate of drug-likeness (QED) is 0.835. The van der Waals surface area contributed by atoms with Crippen LogP contribution in [-0.4, -0.2) is 53.9 Å². The van der Waals surface area contributed by atoms with Crippen molar-refractivity contribution in [2.75, 3.05) is 33.2 Å². The molecule has 1 aliphatic heterocycles. The lowest BCUT2D eigenvalue weighted by molar-refractivity contribution is 0.0931. The molecule has 154 valence electrons. The number of likely N-dealkylation sites (N-methyl/N-ethyl adjacent to an activating group) is 1. The number of aromatic nitrogens is 1.